The molecule has 0 aliphatic rings. The summed E-state index contributed by atoms with van der Waals surface area (Å²) in [5.74, 6) is -80.6. The van der Waals surface area contributed by atoms with Gasteiger partial charge in [-0.25, -0.2) is 0 Å². The molecule has 0 unspecified atom stereocenters. The van der Waals surface area contributed by atoms with Crippen LogP contribution in [0.3, 0.4) is 0 Å². The van der Waals surface area contributed by atoms with Crippen LogP contribution in [0.5, 0.6) is 0 Å². The van der Waals surface area contributed by atoms with E-state index in [0.29, 0.717) is 0 Å². The van der Waals surface area contributed by atoms with Crippen LogP contribution in [0.15, 0.2) is 0 Å². The minimum absolute atomic E-state index is 1.24. The predicted octanol–water partition coefficient (Wildman–Crippen LogP) is 8.27. The Labute approximate surface area is 177 Å². The van der Waals surface area contributed by atoms with Crippen LogP contribution < -0.4 is 0 Å². The molecule has 210 valence electrons. The minimum Gasteiger partial charge on any atom is -0.194 e. The summed E-state index contributed by atoms with van der Waals surface area (Å²) in [4.78, 5) is 0. The van der Waals surface area contributed by atoms with Gasteiger partial charge in [-0.15, -0.1) is 0 Å². The number of rotatable bonds is 9. The van der Waals surface area contributed by atoms with Gasteiger partial charge < -0.3 is 0 Å². The summed E-state index contributed by atoms with van der Waals surface area (Å²) in [5.41, 5.74) is -6.92. The SMILES string of the molecule is FC(F)(F)C(F)(F)C(F)(F)C(F)(F)C(F)(F)C(F)(F)C(F)(F)C(F)(F)C(F)(F)C(F)(F)C(F)(F)[P]. The van der Waals surface area contributed by atoms with Gasteiger partial charge in [-0.05, 0) is 0 Å². The molecule has 0 aromatic carbocycles. The van der Waals surface area contributed by atoms with Crippen LogP contribution in [-0.4, -0.2) is 65.1 Å². The van der Waals surface area contributed by atoms with Crippen molar-refractivity contribution in [3.63, 3.8) is 0 Å². The molecule has 0 aromatic heterocycles. The highest BCUT2D eigenvalue weighted by atomic mass is 31.0. The second-order valence-electron chi connectivity index (χ2n) is 6.21. The second kappa shape index (κ2) is 7.91. The average molecular weight is 600 g/mol. The highest BCUT2D eigenvalue weighted by molar-refractivity contribution is 7.18. The Hall–Kier alpha value is -1.18. The zero-order valence-electron chi connectivity index (χ0n) is 14.6. The van der Waals surface area contributed by atoms with Gasteiger partial charge in [0.2, 0.25) is 0 Å². The molecule has 0 saturated carbocycles. The zero-order valence-corrected chi connectivity index (χ0v) is 15.5. The quantitative estimate of drug-likeness (QED) is 0.185. The van der Waals surface area contributed by atoms with E-state index in [4.69, 9.17) is 0 Å². The lowest BCUT2D eigenvalue weighted by Gasteiger charge is -2.44. The van der Waals surface area contributed by atoms with Crippen molar-refractivity contribution in [2.24, 2.45) is 0 Å². The molecule has 0 aromatic rings. The first-order valence-electron chi connectivity index (χ1n) is 7.07. The molecule has 0 atom stereocenters. The van der Waals surface area contributed by atoms with Crippen LogP contribution >= 0.6 is 9.24 Å². The fourth-order valence-electron chi connectivity index (χ4n) is 1.75. The van der Waals surface area contributed by atoms with E-state index in [2.05, 4.69) is 0 Å². The molecule has 0 aliphatic carbocycles. The Bertz CT molecular complexity index is 716. The van der Waals surface area contributed by atoms with Crippen molar-refractivity contribution in [3.05, 3.63) is 0 Å². The molecular formula is C11F23P. The van der Waals surface area contributed by atoms with Crippen molar-refractivity contribution in [3.8, 4) is 0 Å². The van der Waals surface area contributed by atoms with Gasteiger partial charge in [0.15, 0.2) is 0 Å². The van der Waals surface area contributed by atoms with Gasteiger partial charge in [-0.1, -0.05) is 0 Å². The Balaban J connectivity index is 7.15. The summed E-state index contributed by atoms with van der Waals surface area (Å²) >= 11 is 0. The van der Waals surface area contributed by atoms with Crippen molar-refractivity contribution in [2.45, 2.75) is 65.1 Å². The molecule has 0 amide bonds. The van der Waals surface area contributed by atoms with Crippen LogP contribution in [0.4, 0.5) is 101 Å². The standard InChI is InChI=1S/C11F23P/c12-1(13,2(14,15)4(18,19)6(22,23)8(26,27)10(30,31)32)3(16,17)5(20,21)7(24,25)9(28,29)11(33,34)35. The van der Waals surface area contributed by atoms with Crippen LogP contribution in [0.25, 0.3) is 0 Å². The summed E-state index contributed by atoms with van der Waals surface area (Å²) in [5, 5.41) is 0. The van der Waals surface area contributed by atoms with Gasteiger partial charge in [-0.2, -0.15) is 101 Å². The zero-order chi connectivity index (χ0) is 29.5. The smallest absolute Gasteiger partial charge is 0.194 e. The second-order valence-corrected chi connectivity index (χ2v) is 6.77. The number of hydrogen-bond donors (Lipinski definition) is 0. The molecule has 0 fully saturated rings. The fourth-order valence-corrected chi connectivity index (χ4v) is 1.89. The first kappa shape index (κ1) is 33.8. The molecule has 35 heavy (non-hydrogen) atoms. The highest BCUT2D eigenvalue weighted by Gasteiger charge is 2.98. The van der Waals surface area contributed by atoms with Crippen molar-refractivity contribution in [1.29, 1.82) is 0 Å². The van der Waals surface area contributed by atoms with E-state index in [1.165, 1.54) is 9.24 Å². The summed E-state index contributed by atoms with van der Waals surface area (Å²) in [7, 11) is 1.24. The van der Waals surface area contributed by atoms with Gasteiger partial charge in [0.1, 0.15) is 0 Å². The Kier molecular flexibility index (Phi) is 7.64. The largest absolute Gasteiger partial charge is 0.460 e. The third kappa shape index (κ3) is 3.95. The van der Waals surface area contributed by atoms with Crippen LogP contribution in [0.1, 0.15) is 0 Å². The van der Waals surface area contributed by atoms with Crippen molar-refractivity contribution in [2.75, 3.05) is 0 Å². The minimum atomic E-state index is -9.37. The summed E-state index contributed by atoms with van der Waals surface area (Å²) in [6.07, 6.45) is -8.08. The molecule has 0 N–H and O–H groups in total. The average Bonchev–Trinajstić information content (AvgIpc) is 2.58. The monoisotopic (exact) mass is 600 g/mol. The van der Waals surface area contributed by atoms with Crippen molar-refractivity contribution >= 4 is 9.24 Å². The molecule has 0 saturated heterocycles. The maximum atomic E-state index is 13.3. The lowest BCUT2D eigenvalue weighted by Crippen LogP contribution is -2.77. The van der Waals surface area contributed by atoms with E-state index in [0.717, 1.165) is 0 Å². The van der Waals surface area contributed by atoms with E-state index < -0.39 is 65.1 Å². The highest BCUT2D eigenvalue weighted by Crippen LogP contribution is 2.67. The Morgan fingerprint density at radius 2 is 0.371 bits per heavy atom. The number of hydrogen-bond acceptors (Lipinski definition) is 0. The van der Waals surface area contributed by atoms with E-state index in [1.807, 2.05) is 0 Å². The molecule has 2 radical (unpaired) electrons. The maximum Gasteiger partial charge on any atom is 0.460 e. The summed E-state index contributed by atoms with van der Waals surface area (Å²) in [6, 6.07) is 0. The van der Waals surface area contributed by atoms with E-state index >= 15 is 0 Å². The van der Waals surface area contributed by atoms with Gasteiger partial charge in [-0.3, -0.25) is 0 Å². The molecule has 24 heteroatoms. The summed E-state index contributed by atoms with van der Waals surface area (Å²) < 4.78 is 295. The van der Waals surface area contributed by atoms with E-state index in [9.17, 15) is 101 Å². The lowest BCUT2D eigenvalue weighted by molar-refractivity contribution is -0.476. The third-order valence-electron chi connectivity index (χ3n) is 3.89. The van der Waals surface area contributed by atoms with Gasteiger partial charge in [0.25, 0.3) is 0 Å². The van der Waals surface area contributed by atoms with Crippen molar-refractivity contribution < 1.29 is 101 Å². The molecule has 0 rings (SSSR count). The first-order valence-corrected chi connectivity index (χ1v) is 7.52. The summed E-state index contributed by atoms with van der Waals surface area (Å²) in [6.45, 7) is 0. The fraction of sp³-hybridized carbons (Fsp3) is 1.00. The lowest BCUT2D eigenvalue weighted by atomic mass is 9.86. The topological polar surface area (TPSA) is 0 Å². The number of halogens is 23. The molecule has 0 nitrogen and oxygen atoms in total. The Morgan fingerprint density at radius 1 is 0.229 bits per heavy atom. The molecule has 0 spiro atoms. The molecule has 0 aliphatic heterocycles. The van der Waals surface area contributed by atoms with E-state index in [1.54, 1.807) is 0 Å². The maximum absolute atomic E-state index is 13.3. The van der Waals surface area contributed by atoms with Gasteiger partial charge >= 0.3 is 65.1 Å². The van der Waals surface area contributed by atoms with Crippen LogP contribution in [0, 0.1) is 0 Å². The van der Waals surface area contributed by atoms with Crippen molar-refractivity contribution in [1.82, 2.24) is 0 Å². The van der Waals surface area contributed by atoms with E-state index in [-0.39, 0.29) is 0 Å². The van der Waals surface area contributed by atoms with Gasteiger partial charge in [0.05, 0.1) is 0 Å². The third-order valence-corrected chi connectivity index (χ3v) is 4.17. The van der Waals surface area contributed by atoms with Crippen LogP contribution in [-0.2, 0) is 0 Å². The molecule has 0 bridgehead atoms. The Morgan fingerprint density at radius 3 is 0.514 bits per heavy atom. The molecule has 0 heterocycles. The predicted molar refractivity (Wildman–Crippen MR) is 62.4 cm³/mol. The number of alkyl halides is 23. The van der Waals surface area contributed by atoms with Crippen LogP contribution in [0.2, 0.25) is 0 Å². The first-order chi connectivity index (χ1) is 14.5. The van der Waals surface area contributed by atoms with Gasteiger partial charge in [0, 0.05) is 9.24 Å². The molecular weight excluding hydrogens is 600 g/mol. The normalized spacial score (nSPS) is 17.1.